The number of halogens is 2. The van der Waals surface area contributed by atoms with Gasteiger partial charge >= 0.3 is 0 Å². The zero-order valence-electron chi connectivity index (χ0n) is 10.8. The van der Waals surface area contributed by atoms with E-state index in [0.29, 0.717) is 19.5 Å². The summed E-state index contributed by atoms with van der Waals surface area (Å²) in [5.41, 5.74) is 5.49. The molecule has 0 aromatic heterocycles. The Morgan fingerprint density at radius 1 is 1.47 bits per heavy atom. The van der Waals surface area contributed by atoms with Crippen LogP contribution in [0, 0.1) is 23.5 Å². The van der Waals surface area contributed by atoms with Gasteiger partial charge in [0.1, 0.15) is 11.6 Å². The monoisotopic (exact) mass is 268 g/mol. The Balaban J connectivity index is 1.95. The first-order valence-electron chi connectivity index (χ1n) is 6.46. The highest BCUT2D eigenvalue weighted by Crippen LogP contribution is 2.49. The number of carbonyl (C=O) groups excluding carboxylic acids is 1. The Kier molecular flexibility index (Phi) is 4.14. The largest absolute Gasteiger partial charge is 0.356 e. The van der Waals surface area contributed by atoms with E-state index in [9.17, 15) is 13.6 Å². The van der Waals surface area contributed by atoms with Crippen molar-refractivity contribution in [3.63, 3.8) is 0 Å². The van der Waals surface area contributed by atoms with Gasteiger partial charge in [-0.25, -0.2) is 8.78 Å². The van der Waals surface area contributed by atoms with Crippen LogP contribution < -0.4 is 11.1 Å². The van der Waals surface area contributed by atoms with E-state index in [0.717, 1.165) is 0 Å². The molecule has 1 aromatic carbocycles. The highest BCUT2D eigenvalue weighted by Gasteiger charge is 2.46. The molecule has 2 rings (SSSR count). The van der Waals surface area contributed by atoms with Crippen molar-refractivity contribution in [1.82, 2.24) is 5.32 Å². The van der Waals surface area contributed by atoms with E-state index in [4.69, 9.17) is 5.73 Å². The summed E-state index contributed by atoms with van der Waals surface area (Å²) < 4.78 is 27.1. The van der Waals surface area contributed by atoms with Gasteiger partial charge in [0, 0.05) is 23.9 Å². The van der Waals surface area contributed by atoms with Gasteiger partial charge in [-0.1, -0.05) is 13.0 Å². The molecule has 3 unspecified atom stereocenters. The second kappa shape index (κ2) is 5.65. The minimum atomic E-state index is -0.573. The lowest BCUT2D eigenvalue weighted by atomic mass is 10.1. The highest BCUT2D eigenvalue weighted by atomic mass is 19.1. The lowest BCUT2D eigenvalue weighted by molar-refractivity contribution is -0.122. The summed E-state index contributed by atoms with van der Waals surface area (Å²) in [5, 5.41) is 2.77. The molecule has 104 valence electrons. The normalized spacial score (nSPS) is 22.9. The van der Waals surface area contributed by atoms with Crippen LogP contribution in [-0.2, 0) is 4.79 Å². The quantitative estimate of drug-likeness (QED) is 0.855. The van der Waals surface area contributed by atoms with Crippen LogP contribution in [0.25, 0.3) is 0 Å². The number of rotatable bonds is 5. The molecule has 0 radical (unpaired) electrons. The Morgan fingerprint density at radius 2 is 2.11 bits per heavy atom. The van der Waals surface area contributed by atoms with Crippen LogP contribution in [-0.4, -0.2) is 19.0 Å². The number of carbonyl (C=O) groups is 1. The van der Waals surface area contributed by atoms with Crippen molar-refractivity contribution >= 4 is 5.91 Å². The van der Waals surface area contributed by atoms with E-state index >= 15 is 0 Å². The summed E-state index contributed by atoms with van der Waals surface area (Å²) in [5.74, 6) is -1.75. The molecular formula is C14H18F2N2O. The predicted molar refractivity (Wildman–Crippen MR) is 68.4 cm³/mol. The summed E-state index contributed by atoms with van der Waals surface area (Å²) in [6.45, 7) is 2.93. The van der Waals surface area contributed by atoms with Crippen molar-refractivity contribution in [3.05, 3.63) is 35.4 Å². The molecule has 0 bridgehead atoms. The van der Waals surface area contributed by atoms with Gasteiger partial charge in [0.05, 0.1) is 0 Å². The standard InChI is InChI=1S/C14H18F2N2O/c1-8(6-17)7-18-14(19)10-5-9(10)13-11(15)3-2-4-12(13)16/h2-4,8-10H,5-7,17H2,1H3,(H,18,19). The number of nitrogens with two attached hydrogens (primary N) is 1. The van der Waals surface area contributed by atoms with Crippen LogP contribution in [0.3, 0.4) is 0 Å². The summed E-state index contributed by atoms with van der Waals surface area (Å²) in [4.78, 5) is 11.8. The van der Waals surface area contributed by atoms with Gasteiger partial charge in [0.25, 0.3) is 0 Å². The number of nitrogens with one attached hydrogen (secondary N) is 1. The van der Waals surface area contributed by atoms with Gasteiger partial charge in [-0.3, -0.25) is 4.79 Å². The number of benzene rings is 1. The van der Waals surface area contributed by atoms with Gasteiger partial charge < -0.3 is 11.1 Å². The first-order valence-corrected chi connectivity index (χ1v) is 6.46. The van der Waals surface area contributed by atoms with Crippen LogP contribution >= 0.6 is 0 Å². The predicted octanol–water partition coefficient (Wildman–Crippen LogP) is 1.78. The fourth-order valence-corrected chi connectivity index (χ4v) is 2.16. The lowest BCUT2D eigenvalue weighted by Gasteiger charge is -2.10. The van der Waals surface area contributed by atoms with Crippen molar-refractivity contribution < 1.29 is 13.6 Å². The third-order valence-electron chi connectivity index (χ3n) is 3.52. The van der Waals surface area contributed by atoms with Gasteiger partial charge in [-0.2, -0.15) is 0 Å². The third-order valence-corrected chi connectivity index (χ3v) is 3.52. The highest BCUT2D eigenvalue weighted by molar-refractivity contribution is 5.82. The molecule has 0 spiro atoms. The van der Waals surface area contributed by atoms with Gasteiger partial charge in [-0.05, 0) is 31.0 Å². The topological polar surface area (TPSA) is 55.1 Å². The van der Waals surface area contributed by atoms with Crippen molar-refractivity contribution in [3.8, 4) is 0 Å². The van der Waals surface area contributed by atoms with Crippen LogP contribution in [0.15, 0.2) is 18.2 Å². The first-order chi connectivity index (χ1) is 9.04. The second-order valence-electron chi connectivity index (χ2n) is 5.17. The van der Waals surface area contributed by atoms with Gasteiger partial charge in [-0.15, -0.1) is 0 Å². The molecule has 1 aliphatic carbocycles. The molecule has 1 aromatic rings. The Morgan fingerprint density at radius 3 is 2.68 bits per heavy atom. The zero-order valence-corrected chi connectivity index (χ0v) is 10.8. The van der Waals surface area contributed by atoms with Crippen molar-refractivity contribution in [2.24, 2.45) is 17.6 Å². The molecular weight excluding hydrogens is 250 g/mol. The molecule has 1 fully saturated rings. The molecule has 1 aliphatic rings. The van der Waals surface area contributed by atoms with E-state index < -0.39 is 11.6 Å². The molecule has 1 amide bonds. The zero-order chi connectivity index (χ0) is 14.0. The molecule has 3 atom stereocenters. The summed E-state index contributed by atoms with van der Waals surface area (Å²) in [6, 6.07) is 3.78. The fraction of sp³-hybridized carbons (Fsp3) is 0.500. The fourth-order valence-electron chi connectivity index (χ4n) is 2.16. The van der Waals surface area contributed by atoms with Gasteiger partial charge in [0.15, 0.2) is 0 Å². The Bertz CT molecular complexity index is 458. The summed E-state index contributed by atoms with van der Waals surface area (Å²) >= 11 is 0. The van der Waals surface area contributed by atoms with Gasteiger partial charge in [0.2, 0.25) is 5.91 Å². The average Bonchev–Trinajstić information content (AvgIpc) is 3.15. The van der Waals surface area contributed by atoms with E-state index in [1.165, 1.54) is 18.2 Å². The molecule has 0 aliphatic heterocycles. The first kappa shape index (κ1) is 13.9. The van der Waals surface area contributed by atoms with E-state index in [-0.39, 0.29) is 29.2 Å². The maximum absolute atomic E-state index is 13.6. The molecule has 3 N–H and O–H groups in total. The van der Waals surface area contributed by atoms with Crippen molar-refractivity contribution in [2.45, 2.75) is 19.3 Å². The number of hydrogen-bond donors (Lipinski definition) is 2. The summed E-state index contributed by atoms with van der Waals surface area (Å²) in [7, 11) is 0. The average molecular weight is 268 g/mol. The minimum absolute atomic E-state index is 0.0366. The summed E-state index contributed by atoms with van der Waals surface area (Å²) in [6.07, 6.45) is 0.501. The second-order valence-corrected chi connectivity index (χ2v) is 5.17. The SMILES string of the molecule is CC(CN)CNC(=O)C1CC1c1c(F)cccc1F. The van der Waals surface area contributed by atoms with Crippen LogP contribution in [0.2, 0.25) is 0 Å². The Labute approximate surface area is 111 Å². The maximum Gasteiger partial charge on any atom is 0.223 e. The lowest BCUT2D eigenvalue weighted by Crippen LogP contribution is -2.32. The molecule has 1 saturated carbocycles. The van der Waals surface area contributed by atoms with Crippen LogP contribution in [0.5, 0.6) is 0 Å². The smallest absolute Gasteiger partial charge is 0.223 e. The van der Waals surface area contributed by atoms with Crippen molar-refractivity contribution in [1.29, 1.82) is 0 Å². The number of amides is 1. The van der Waals surface area contributed by atoms with E-state index in [2.05, 4.69) is 5.32 Å². The number of hydrogen-bond acceptors (Lipinski definition) is 2. The van der Waals surface area contributed by atoms with Crippen molar-refractivity contribution in [2.75, 3.05) is 13.1 Å². The third kappa shape index (κ3) is 3.10. The molecule has 0 heterocycles. The van der Waals surface area contributed by atoms with Crippen LogP contribution in [0.4, 0.5) is 8.78 Å². The maximum atomic E-state index is 13.6. The minimum Gasteiger partial charge on any atom is -0.356 e. The Hall–Kier alpha value is -1.49. The van der Waals surface area contributed by atoms with Crippen LogP contribution in [0.1, 0.15) is 24.8 Å². The molecule has 5 heteroatoms. The molecule has 0 saturated heterocycles. The van der Waals surface area contributed by atoms with E-state index in [1.54, 1.807) is 0 Å². The molecule has 19 heavy (non-hydrogen) atoms. The molecule has 3 nitrogen and oxygen atoms in total. The van der Waals surface area contributed by atoms with E-state index in [1.807, 2.05) is 6.92 Å².